The van der Waals surface area contributed by atoms with Crippen molar-refractivity contribution in [3.05, 3.63) is 59.2 Å². The molecule has 5 nitrogen and oxygen atoms in total. The van der Waals surface area contributed by atoms with Gasteiger partial charge in [-0.25, -0.2) is 0 Å². The first-order chi connectivity index (χ1) is 15.8. The van der Waals surface area contributed by atoms with Gasteiger partial charge in [0.2, 0.25) is 5.91 Å². The number of fused-ring (bicyclic) bond motifs is 1. The number of alkyl halides is 3. The maximum Gasteiger partial charge on any atom is 0.393 e. The standard InChI is InChI=1S/C25H29F3N2O3/c1-32-21-13-18-10-12-30(23(31)16-29-11-6-9-19(15-29)25(26,27)28)24(17-7-4-3-5-8-17)20(18)14-22(21)33-2/h3-5,7-8,13-14,19,24H,6,9-12,15-16H2,1-2H3/t19-,24+/m0/s1. The van der Waals surface area contributed by atoms with Crippen LogP contribution in [0.5, 0.6) is 11.5 Å². The quantitative estimate of drug-likeness (QED) is 0.659. The number of carbonyl (C=O) groups is 1. The zero-order valence-corrected chi connectivity index (χ0v) is 18.9. The number of methoxy groups -OCH3 is 2. The number of piperidine rings is 1. The average Bonchev–Trinajstić information content (AvgIpc) is 2.82. The molecule has 1 amide bonds. The van der Waals surface area contributed by atoms with Crippen molar-refractivity contribution < 1.29 is 27.4 Å². The third kappa shape index (κ3) is 4.95. The summed E-state index contributed by atoms with van der Waals surface area (Å²) in [6.45, 7) is 0.848. The van der Waals surface area contributed by atoms with Gasteiger partial charge in [-0.3, -0.25) is 9.69 Å². The number of likely N-dealkylation sites (tertiary alicyclic amines) is 1. The van der Waals surface area contributed by atoms with E-state index in [1.165, 1.54) is 0 Å². The van der Waals surface area contributed by atoms with E-state index in [9.17, 15) is 18.0 Å². The number of hydrogen-bond donors (Lipinski definition) is 0. The first-order valence-electron chi connectivity index (χ1n) is 11.2. The van der Waals surface area contributed by atoms with E-state index in [0.29, 0.717) is 37.4 Å². The van der Waals surface area contributed by atoms with Crippen molar-refractivity contribution in [3.8, 4) is 11.5 Å². The van der Waals surface area contributed by atoms with Gasteiger partial charge in [0.25, 0.3) is 0 Å². The fourth-order valence-electron chi connectivity index (χ4n) is 4.96. The lowest BCUT2D eigenvalue weighted by Crippen LogP contribution is -2.49. The van der Waals surface area contributed by atoms with Gasteiger partial charge >= 0.3 is 6.18 Å². The van der Waals surface area contributed by atoms with Crippen molar-refractivity contribution in [1.29, 1.82) is 0 Å². The van der Waals surface area contributed by atoms with E-state index in [1.54, 1.807) is 24.0 Å². The normalized spacial score (nSPS) is 21.4. The Bertz CT molecular complexity index is 981. The van der Waals surface area contributed by atoms with Crippen LogP contribution < -0.4 is 9.47 Å². The third-order valence-corrected chi connectivity index (χ3v) is 6.64. The Kier molecular flexibility index (Phi) is 6.83. The monoisotopic (exact) mass is 462 g/mol. The van der Waals surface area contributed by atoms with Crippen LogP contribution in [0.4, 0.5) is 13.2 Å². The fourth-order valence-corrected chi connectivity index (χ4v) is 4.96. The molecule has 0 aliphatic carbocycles. The van der Waals surface area contributed by atoms with Gasteiger partial charge in [0, 0.05) is 13.1 Å². The average molecular weight is 463 g/mol. The Labute approximate surface area is 192 Å². The van der Waals surface area contributed by atoms with Crippen molar-refractivity contribution in [3.63, 3.8) is 0 Å². The maximum atomic E-state index is 13.4. The van der Waals surface area contributed by atoms with Gasteiger partial charge in [-0.05, 0) is 54.6 Å². The summed E-state index contributed by atoms with van der Waals surface area (Å²) in [6, 6.07) is 13.2. The van der Waals surface area contributed by atoms with Crippen molar-refractivity contribution in [2.75, 3.05) is 40.4 Å². The number of benzene rings is 2. The minimum atomic E-state index is -4.23. The second-order valence-corrected chi connectivity index (χ2v) is 8.67. The number of nitrogens with zero attached hydrogens (tertiary/aromatic N) is 2. The molecule has 0 aromatic heterocycles. The van der Waals surface area contributed by atoms with Crippen LogP contribution in [0.25, 0.3) is 0 Å². The molecule has 0 bridgehead atoms. The summed E-state index contributed by atoms with van der Waals surface area (Å²) in [5.41, 5.74) is 2.97. The molecule has 33 heavy (non-hydrogen) atoms. The number of amides is 1. The molecule has 2 aliphatic rings. The highest BCUT2D eigenvalue weighted by atomic mass is 19.4. The Morgan fingerprint density at radius 1 is 1.06 bits per heavy atom. The molecule has 0 N–H and O–H groups in total. The molecule has 1 saturated heterocycles. The third-order valence-electron chi connectivity index (χ3n) is 6.64. The van der Waals surface area contributed by atoms with E-state index in [0.717, 1.165) is 16.7 Å². The first kappa shape index (κ1) is 23.4. The van der Waals surface area contributed by atoms with Gasteiger partial charge < -0.3 is 14.4 Å². The summed E-state index contributed by atoms with van der Waals surface area (Å²) in [5.74, 6) is -0.320. The number of carbonyl (C=O) groups excluding carboxylic acids is 1. The molecule has 2 atom stereocenters. The van der Waals surface area contributed by atoms with E-state index < -0.39 is 12.1 Å². The molecule has 4 rings (SSSR count). The predicted molar refractivity (Wildman–Crippen MR) is 118 cm³/mol. The Morgan fingerprint density at radius 3 is 2.42 bits per heavy atom. The molecule has 2 aliphatic heterocycles. The Morgan fingerprint density at radius 2 is 1.76 bits per heavy atom. The molecule has 0 unspecified atom stereocenters. The van der Waals surface area contributed by atoms with Crippen molar-refractivity contribution in [2.45, 2.75) is 31.5 Å². The summed E-state index contributed by atoms with van der Waals surface area (Å²) >= 11 is 0. The van der Waals surface area contributed by atoms with Crippen LogP contribution in [-0.2, 0) is 11.2 Å². The van der Waals surface area contributed by atoms with Gasteiger partial charge in [-0.15, -0.1) is 0 Å². The molecule has 2 heterocycles. The predicted octanol–water partition coefficient (Wildman–Crippen LogP) is 4.45. The lowest BCUT2D eigenvalue weighted by atomic mass is 9.87. The number of rotatable bonds is 5. The largest absolute Gasteiger partial charge is 0.493 e. The number of hydrogen-bond acceptors (Lipinski definition) is 4. The van der Waals surface area contributed by atoms with Crippen LogP contribution in [0, 0.1) is 5.92 Å². The van der Waals surface area contributed by atoms with E-state index in [4.69, 9.17) is 9.47 Å². The lowest BCUT2D eigenvalue weighted by molar-refractivity contribution is -0.187. The van der Waals surface area contributed by atoms with Gasteiger partial charge in [-0.2, -0.15) is 13.2 Å². The highest BCUT2D eigenvalue weighted by Crippen LogP contribution is 2.41. The summed E-state index contributed by atoms with van der Waals surface area (Å²) in [6.07, 6.45) is -3.02. The molecule has 0 spiro atoms. The molecule has 1 fully saturated rings. The fraction of sp³-hybridized carbons (Fsp3) is 0.480. The highest BCUT2D eigenvalue weighted by molar-refractivity contribution is 5.80. The zero-order valence-electron chi connectivity index (χ0n) is 18.9. The van der Waals surface area contributed by atoms with Crippen LogP contribution in [0.2, 0.25) is 0 Å². The molecule has 2 aromatic rings. The Hall–Kier alpha value is -2.74. The second-order valence-electron chi connectivity index (χ2n) is 8.67. The van der Waals surface area contributed by atoms with Crippen LogP contribution in [0.1, 0.15) is 35.6 Å². The number of ether oxygens (including phenoxy) is 2. The summed E-state index contributed by atoms with van der Waals surface area (Å²) < 4.78 is 50.7. The maximum absolute atomic E-state index is 13.4. The van der Waals surface area contributed by atoms with Gasteiger partial charge in [0.15, 0.2) is 11.5 Å². The van der Waals surface area contributed by atoms with Crippen LogP contribution in [0.15, 0.2) is 42.5 Å². The zero-order chi connectivity index (χ0) is 23.6. The van der Waals surface area contributed by atoms with Crippen LogP contribution in [0.3, 0.4) is 0 Å². The minimum absolute atomic E-state index is 0.0153. The van der Waals surface area contributed by atoms with E-state index in [2.05, 4.69) is 0 Å². The van der Waals surface area contributed by atoms with Crippen molar-refractivity contribution in [1.82, 2.24) is 9.80 Å². The Balaban J connectivity index is 1.63. The SMILES string of the molecule is COc1cc2c(cc1OC)[C@@H](c1ccccc1)N(C(=O)CN1CCC[C@H](C(F)(F)F)C1)CC2. The molecule has 8 heteroatoms. The van der Waals surface area contributed by atoms with E-state index in [-0.39, 0.29) is 31.5 Å². The van der Waals surface area contributed by atoms with Gasteiger partial charge in [-0.1, -0.05) is 30.3 Å². The molecular weight excluding hydrogens is 433 g/mol. The van der Waals surface area contributed by atoms with Gasteiger partial charge in [0.05, 0.1) is 32.7 Å². The van der Waals surface area contributed by atoms with Crippen molar-refractivity contribution >= 4 is 5.91 Å². The molecule has 0 saturated carbocycles. The molecule has 2 aromatic carbocycles. The first-order valence-corrected chi connectivity index (χ1v) is 11.2. The van der Waals surface area contributed by atoms with E-state index >= 15 is 0 Å². The molecule has 0 radical (unpaired) electrons. The lowest BCUT2D eigenvalue weighted by Gasteiger charge is -2.40. The van der Waals surface area contributed by atoms with E-state index in [1.807, 2.05) is 42.5 Å². The van der Waals surface area contributed by atoms with Gasteiger partial charge in [0.1, 0.15) is 0 Å². The summed E-state index contributed by atoms with van der Waals surface area (Å²) in [5, 5.41) is 0. The number of halogens is 3. The van der Waals surface area contributed by atoms with Crippen LogP contribution in [-0.4, -0.2) is 62.3 Å². The van der Waals surface area contributed by atoms with Crippen LogP contribution >= 0.6 is 0 Å². The molecular formula is C25H29F3N2O3. The molecule has 178 valence electrons. The highest BCUT2D eigenvalue weighted by Gasteiger charge is 2.42. The van der Waals surface area contributed by atoms with Crippen molar-refractivity contribution in [2.24, 2.45) is 5.92 Å². The smallest absolute Gasteiger partial charge is 0.393 e. The summed E-state index contributed by atoms with van der Waals surface area (Å²) in [7, 11) is 3.16. The topological polar surface area (TPSA) is 42.0 Å². The summed E-state index contributed by atoms with van der Waals surface area (Å²) in [4.78, 5) is 16.9. The minimum Gasteiger partial charge on any atom is -0.493 e. The second kappa shape index (κ2) is 9.63.